The maximum Gasteiger partial charge on any atom is 0.148 e. The van der Waals surface area contributed by atoms with Crippen LogP contribution in [0.3, 0.4) is 0 Å². The maximum absolute atomic E-state index is 5.42. The van der Waals surface area contributed by atoms with E-state index in [2.05, 4.69) is 97.6 Å². The van der Waals surface area contributed by atoms with E-state index in [-0.39, 0.29) is 0 Å². The highest BCUT2D eigenvalue weighted by Gasteiger charge is 2.38. The monoisotopic (exact) mass is 344 g/mol. The van der Waals surface area contributed by atoms with E-state index in [9.17, 15) is 0 Å². The third-order valence-corrected chi connectivity index (χ3v) is 9.79. The van der Waals surface area contributed by atoms with Gasteiger partial charge < -0.3 is 4.74 Å². The fourth-order valence-corrected chi connectivity index (χ4v) is 8.43. The van der Waals surface area contributed by atoms with E-state index in [1.807, 2.05) is 0 Å². The standard InChI is InChI=1S/C23H24OSi/c1-2-24-19-12-20-25(21-13-6-3-7-14-21,22-15-8-4-9-16-22)23-17-10-5-11-18-23/h2-11,13-18H,1,12,19-20H2. The molecule has 2 heteroatoms. The quantitative estimate of drug-likeness (QED) is 0.262. The van der Waals surface area contributed by atoms with E-state index in [0.717, 1.165) is 12.5 Å². The van der Waals surface area contributed by atoms with Crippen molar-refractivity contribution in [1.29, 1.82) is 0 Å². The van der Waals surface area contributed by atoms with E-state index in [1.165, 1.54) is 21.8 Å². The van der Waals surface area contributed by atoms with Crippen molar-refractivity contribution in [3.63, 3.8) is 0 Å². The Hall–Kier alpha value is -2.58. The highest BCUT2D eigenvalue weighted by molar-refractivity contribution is 7.11. The van der Waals surface area contributed by atoms with Gasteiger partial charge in [-0.05, 0) is 28.0 Å². The lowest BCUT2D eigenvalue weighted by molar-refractivity contribution is 0.251. The van der Waals surface area contributed by atoms with E-state index in [4.69, 9.17) is 4.74 Å². The lowest BCUT2D eigenvalue weighted by atomic mass is 10.3. The Balaban J connectivity index is 2.15. The molecule has 0 saturated heterocycles. The van der Waals surface area contributed by atoms with Gasteiger partial charge in [-0.3, -0.25) is 0 Å². The SMILES string of the molecule is C=COCCC[Si](c1ccccc1)(c1ccccc1)c1ccccc1. The Morgan fingerprint density at radius 1 is 0.680 bits per heavy atom. The average Bonchev–Trinajstić information content (AvgIpc) is 2.70. The summed E-state index contributed by atoms with van der Waals surface area (Å²) in [5, 5.41) is 4.35. The van der Waals surface area contributed by atoms with Gasteiger partial charge in [0.1, 0.15) is 8.07 Å². The van der Waals surface area contributed by atoms with Crippen molar-refractivity contribution in [3.8, 4) is 0 Å². The number of rotatable bonds is 8. The Kier molecular flexibility index (Phi) is 5.86. The zero-order chi connectivity index (χ0) is 17.4. The second kappa shape index (κ2) is 8.50. The van der Waals surface area contributed by atoms with Crippen molar-refractivity contribution in [2.45, 2.75) is 12.5 Å². The summed E-state index contributed by atoms with van der Waals surface area (Å²) in [5.41, 5.74) is 0. The minimum Gasteiger partial charge on any atom is -0.502 e. The van der Waals surface area contributed by atoms with Crippen LogP contribution in [0, 0.1) is 0 Å². The lowest BCUT2D eigenvalue weighted by Crippen LogP contribution is -2.67. The minimum absolute atomic E-state index is 0.713. The molecule has 0 radical (unpaired) electrons. The van der Waals surface area contributed by atoms with Crippen LogP contribution in [0.4, 0.5) is 0 Å². The molecule has 0 aliphatic rings. The first-order valence-corrected chi connectivity index (χ1v) is 11.0. The second-order valence-corrected chi connectivity index (χ2v) is 10.2. The van der Waals surface area contributed by atoms with Crippen LogP contribution in [0.15, 0.2) is 104 Å². The summed E-state index contributed by atoms with van der Waals surface area (Å²) >= 11 is 0. The molecule has 126 valence electrons. The molecule has 0 aliphatic carbocycles. The van der Waals surface area contributed by atoms with Crippen molar-refractivity contribution in [3.05, 3.63) is 104 Å². The molecule has 0 fully saturated rings. The molecule has 0 atom stereocenters. The third-order valence-electron chi connectivity index (χ3n) is 4.73. The number of ether oxygens (including phenoxy) is 1. The highest BCUT2D eigenvalue weighted by atomic mass is 28.3. The van der Waals surface area contributed by atoms with Gasteiger partial charge in [0.2, 0.25) is 0 Å². The van der Waals surface area contributed by atoms with Crippen LogP contribution in [-0.2, 0) is 4.74 Å². The van der Waals surface area contributed by atoms with E-state index >= 15 is 0 Å². The van der Waals surface area contributed by atoms with Crippen LogP contribution in [0.2, 0.25) is 6.04 Å². The molecule has 0 saturated carbocycles. The number of benzene rings is 3. The van der Waals surface area contributed by atoms with Crippen LogP contribution in [0.25, 0.3) is 0 Å². The third kappa shape index (κ3) is 3.75. The number of hydrogen-bond donors (Lipinski definition) is 0. The van der Waals surface area contributed by atoms with Crippen LogP contribution >= 0.6 is 0 Å². The minimum atomic E-state index is -2.09. The maximum atomic E-state index is 5.42. The van der Waals surface area contributed by atoms with Crippen LogP contribution in [-0.4, -0.2) is 14.7 Å². The largest absolute Gasteiger partial charge is 0.502 e. The van der Waals surface area contributed by atoms with Crippen molar-refractivity contribution in [2.24, 2.45) is 0 Å². The Morgan fingerprint density at radius 3 is 1.44 bits per heavy atom. The first-order chi connectivity index (χ1) is 12.4. The zero-order valence-corrected chi connectivity index (χ0v) is 15.5. The summed E-state index contributed by atoms with van der Waals surface area (Å²) in [7, 11) is -2.09. The van der Waals surface area contributed by atoms with Gasteiger partial charge in [-0.1, -0.05) is 97.6 Å². The molecular formula is C23H24OSi. The Labute approximate surface area is 151 Å². The van der Waals surface area contributed by atoms with Crippen LogP contribution < -0.4 is 15.6 Å². The fourth-order valence-electron chi connectivity index (χ4n) is 3.61. The van der Waals surface area contributed by atoms with Gasteiger partial charge in [0, 0.05) is 0 Å². The lowest BCUT2D eigenvalue weighted by Gasteiger charge is -2.34. The Bertz CT molecular complexity index is 672. The van der Waals surface area contributed by atoms with Crippen LogP contribution in [0.5, 0.6) is 0 Å². The summed E-state index contributed by atoms with van der Waals surface area (Å²) < 4.78 is 5.42. The van der Waals surface area contributed by atoms with Gasteiger partial charge in [-0.25, -0.2) is 0 Å². The molecule has 25 heavy (non-hydrogen) atoms. The molecule has 0 aliphatic heterocycles. The zero-order valence-electron chi connectivity index (χ0n) is 14.5. The second-order valence-electron chi connectivity index (χ2n) is 6.14. The molecular weight excluding hydrogens is 320 g/mol. The molecule has 0 N–H and O–H groups in total. The first kappa shape index (κ1) is 17.2. The predicted molar refractivity (Wildman–Crippen MR) is 110 cm³/mol. The van der Waals surface area contributed by atoms with Crippen molar-refractivity contribution >= 4 is 23.6 Å². The smallest absolute Gasteiger partial charge is 0.148 e. The van der Waals surface area contributed by atoms with Gasteiger partial charge in [-0.2, -0.15) is 0 Å². The molecule has 3 aromatic carbocycles. The first-order valence-electron chi connectivity index (χ1n) is 8.77. The topological polar surface area (TPSA) is 9.23 Å². The average molecular weight is 345 g/mol. The molecule has 0 bridgehead atoms. The molecule has 0 heterocycles. The summed E-state index contributed by atoms with van der Waals surface area (Å²) in [5.74, 6) is 0. The molecule has 3 aromatic rings. The van der Waals surface area contributed by atoms with Crippen LogP contribution in [0.1, 0.15) is 6.42 Å². The van der Waals surface area contributed by atoms with Gasteiger partial charge in [0.25, 0.3) is 0 Å². The summed E-state index contributed by atoms with van der Waals surface area (Å²) in [6, 6.07) is 34.1. The normalized spacial score (nSPS) is 11.0. The van der Waals surface area contributed by atoms with Crippen molar-refractivity contribution < 1.29 is 4.74 Å². The van der Waals surface area contributed by atoms with Gasteiger partial charge in [0.05, 0.1) is 12.9 Å². The summed E-state index contributed by atoms with van der Waals surface area (Å²) in [4.78, 5) is 0. The van der Waals surface area contributed by atoms with Crippen molar-refractivity contribution in [2.75, 3.05) is 6.61 Å². The predicted octanol–water partition coefficient (Wildman–Crippen LogP) is 3.71. The molecule has 0 amide bonds. The van der Waals surface area contributed by atoms with Gasteiger partial charge in [-0.15, -0.1) is 0 Å². The van der Waals surface area contributed by atoms with Gasteiger partial charge >= 0.3 is 0 Å². The number of hydrogen-bond acceptors (Lipinski definition) is 1. The van der Waals surface area contributed by atoms with E-state index < -0.39 is 8.07 Å². The molecule has 1 nitrogen and oxygen atoms in total. The fraction of sp³-hybridized carbons (Fsp3) is 0.130. The summed E-state index contributed by atoms with van der Waals surface area (Å²) in [6.45, 7) is 4.37. The van der Waals surface area contributed by atoms with E-state index in [1.54, 1.807) is 0 Å². The highest BCUT2D eigenvalue weighted by Crippen LogP contribution is 2.15. The molecule has 0 spiro atoms. The van der Waals surface area contributed by atoms with E-state index in [0.29, 0.717) is 6.61 Å². The molecule has 0 unspecified atom stereocenters. The molecule has 0 aromatic heterocycles. The summed E-state index contributed by atoms with van der Waals surface area (Å²) in [6.07, 6.45) is 2.55. The Morgan fingerprint density at radius 2 is 1.08 bits per heavy atom. The van der Waals surface area contributed by atoms with Crippen molar-refractivity contribution in [1.82, 2.24) is 0 Å². The van der Waals surface area contributed by atoms with Gasteiger partial charge in [0.15, 0.2) is 0 Å². The molecule has 3 rings (SSSR count).